The van der Waals surface area contributed by atoms with E-state index in [1.54, 1.807) is 11.3 Å². The highest BCUT2D eigenvalue weighted by Gasteiger charge is 2.06. The zero-order valence-electron chi connectivity index (χ0n) is 7.90. The Hall–Kier alpha value is -1.30. The van der Waals surface area contributed by atoms with Crippen LogP contribution in [0.3, 0.4) is 0 Å². The van der Waals surface area contributed by atoms with E-state index in [0.717, 1.165) is 15.3 Å². The summed E-state index contributed by atoms with van der Waals surface area (Å²) >= 11 is 7.38. The molecule has 0 radical (unpaired) electrons. The summed E-state index contributed by atoms with van der Waals surface area (Å²) < 4.78 is 0. The van der Waals surface area contributed by atoms with Crippen LogP contribution in [0.2, 0.25) is 0 Å². The molecule has 0 atom stereocenters. The van der Waals surface area contributed by atoms with Crippen LogP contribution in [0.4, 0.5) is 0 Å². The van der Waals surface area contributed by atoms with E-state index in [0.29, 0.717) is 11.4 Å². The van der Waals surface area contributed by atoms with Crippen molar-refractivity contribution in [2.75, 3.05) is 0 Å². The second-order valence-electron chi connectivity index (χ2n) is 3.06. The van der Waals surface area contributed by atoms with Gasteiger partial charge in [0.15, 0.2) is 0 Å². The highest BCUT2D eigenvalue weighted by molar-refractivity contribution is 7.15. The molecule has 1 heterocycles. The van der Waals surface area contributed by atoms with Crippen LogP contribution in [0.1, 0.15) is 10.4 Å². The van der Waals surface area contributed by atoms with Crippen molar-refractivity contribution in [3.63, 3.8) is 0 Å². The molecular weight excluding hydrogens is 226 g/mol. The van der Waals surface area contributed by atoms with Crippen LogP contribution in [0, 0.1) is 11.3 Å². The summed E-state index contributed by atoms with van der Waals surface area (Å²) in [4.78, 5) is 2.22. The molecule has 3 heteroatoms. The van der Waals surface area contributed by atoms with Crippen LogP contribution < -0.4 is 0 Å². The first-order chi connectivity index (χ1) is 7.35. The van der Waals surface area contributed by atoms with Crippen LogP contribution >= 0.6 is 22.9 Å². The van der Waals surface area contributed by atoms with E-state index in [9.17, 15) is 0 Å². The Morgan fingerprint density at radius 2 is 2.00 bits per heavy atom. The molecule has 0 spiro atoms. The van der Waals surface area contributed by atoms with E-state index in [1.807, 2.05) is 36.4 Å². The Kier molecular flexibility index (Phi) is 3.05. The lowest BCUT2D eigenvalue weighted by Crippen LogP contribution is -1.79. The minimum Gasteiger partial charge on any atom is -0.192 e. The number of rotatable bonds is 2. The molecule has 2 rings (SSSR count). The van der Waals surface area contributed by atoms with E-state index in [-0.39, 0.29) is 0 Å². The zero-order valence-corrected chi connectivity index (χ0v) is 9.48. The average Bonchev–Trinajstić information content (AvgIpc) is 2.77. The molecule has 2 aromatic rings. The number of thiophene rings is 1. The van der Waals surface area contributed by atoms with Crippen molar-refractivity contribution in [3.8, 4) is 16.5 Å². The zero-order chi connectivity index (χ0) is 10.7. The number of benzene rings is 1. The SMILES string of the molecule is N#Cc1ccccc1-c1ccc(CCl)s1. The predicted molar refractivity (Wildman–Crippen MR) is 64.0 cm³/mol. The van der Waals surface area contributed by atoms with Gasteiger partial charge in [-0.05, 0) is 18.2 Å². The first-order valence-electron chi connectivity index (χ1n) is 4.49. The maximum atomic E-state index is 8.97. The molecule has 0 aliphatic carbocycles. The fourth-order valence-electron chi connectivity index (χ4n) is 1.39. The maximum Gasteiger partial charge on any atom is 0.0998 e. The number of hydrogen-bond acceptors (Lipinski definition) is 2. The standard InChI is InChI=1S/C12H8ClNS/c13-7-10-5-6-12(15-10)11-4-2-1-3-9(11)8-14/h1-6H,7H2. The number of hydrogen-bond donors (Lipinski definition) is 0. The van der Waals surface area contributed by atoms with Crippen molar-refractivity contribution >= 4 is 22.9 Å². The van der Waals surface area contributed by atoms with Gasteiger partial charge in [-0.25, -0.2) is 0 Å². The Labute approximate surface area is 97.6 Å². The topological polar surface area (TPSA) is 23.8 Å². The molecule has 0 fully saturated rings. The smallest absolute Gasteiger partial charge is 0.0998 e. The molecule has 1 aromatic heterocycles. The lowest BCUT2D eigenvalue weighted by Gasteiger charge is -1.98. The van der Waals surface area contributed by atoms with Crippen molar-refractivity contribution in [2.45, 2.75) is 5.88 Å². The summed E-state index contributed by atoms with van der Waals surface area (Å²) in [6.07, 6.45) is 0. The molecule has 15 heavy (non-hydrogen) atoms. The van der Waals surface area contributed by atoms with Gasteiger partial charge in [0.2, 0.25) is 0 Å². The Morgan fingerprint density at radius 3 is 2.67 bits per heavy atom. The minimum atomic E-state index is 0.527. The molecule has 1 nitrogen and oxygen atoms in total. The summed E-state index contributed by atoms with van der Waals surface area (Å²) in [7, 11) is 0. The second kappa shape index (κ2) is 4.48. The number of nitriles is 1. The molecule has 0 aliphatic rings. The van der Waals surface area contributed by atoms with Crippen LogP contribution in [0.25, 0.3) is 10.4 Å². The van der Waals surface area contributed by atoms with Gasteiger partial charge in [-0.3, -0.25) is 0 Å². The van der Waals surface area contributed by atoms with Crippen LogP contribution in [0.5, 0.6) is 0 Å². The second-order valence-corrected chi connectivity index (χ2v) is 4.49. The van der Waals surface area contributed by atoms with Crippen molar-refractivity contribution in [2.24, 2.45) is 0 Å². The van der Waals surface area contributed by atoms with E-state index in [4.69, 9.17) is 16.9 Å². The van der Waals surface area contributed by atoms with Crippen LogP contribution in [-0.2, 0) is 5.88 Å². The molecule has 74 valence electrons. The summed E-state index contributed by atoms with van der Waals surface area (Å²) in [6.45, 7) is 0. The fourth-order valence-corrected chi connectivity index (χ4v) is 2.54. The van der Waals surface area contributed by atoms with Crippen molar-refractivity contribution in [1.82, 2.24) is 0 Å². The van der Waals surface area contributed by atoms with E-state index < -0.39 is 0 Å². The molecule has 0 amide bonds. The highest BCUT2D eigenvalue weighted by Crippen LogP contribution is 2.30. The van der Waals surface area contributed by atoms with Crippen molar-refractivity contribution in [1.29, 1.82) is 5.26 Å². The van der Waals surface area contributed by atoms with Crippen molar-refractivity contribution < 1.29 is 0 Å². The number of halogens is 1. The molecule has 0 saturated carbocycles. The molecular formula is C12H8ClNS. The van der Waals surface area contributed by atoms with Gasteiger partial charge >= 0.3 is 0 Å². The minimum absolute atomic E-state index is 0.527. The summed E-state index contributed by atoms with van der Waals surface area (Å²) in [5.74, 6) is 0.527. The Morgan fingerprint density at radius 1 is 1.20 bits per heavy atom. The Bertz CT molecular complexity index is 510. The van der Waals surface area contributed by atoms with Gasteiger partial charge in [0.05, 0.1) is 17.5 Å². The number of nitrogens with zero attached hydrogens (tertiary/aromatic N) is 1. The van der Waals surface area contributed by atoms with Gasteiger partial charge in [-0.1, -0.05) is 18.2 Å². The van der Waals surface area contributed by atoms with Crippen LogP contribution in [-0.4, -0.2) is 0 Å². The largest absolute Gasteiger partial charge is 0.192 e. The van der Waals surface area contributed by atoms with Gasteiger partial charge in [0.25, 0.3) is 0 Å². The normalized spacial score (nSPS) is 9.87. The first-order valence-corrected chi connectivity index (χ1v) is 5.84. The van der Waals surface area contributed by atoms with E-state index in [1.165, 1.54) is 0 Å². The average molecular weight is 234 g/mol. The lowest BCUT2D eigenvalue weighted by atomic mass is 10.1. The van der Waals surface area contributed by atoms with Gasteiger partial charge in [-0.2, -0.15) is 5.26 Å². The van der Waals surface area contributed by atoms with E-state index in [2.05, 4.69) is 6.07 Å². The monoisotopic (exact) mass is 233 g/mol. The maximum absolute atomic E-state index is 8.97. The van der Waals surface area contributed by atoms with Gasteiger partial charge < -0.3 is 0 Å². The third-order valence-corrected chi connectivity index (χ3v) is 3.67. The number of alkyl halides is 1. The van der Waals surface area contributed by atoms with E-state index >= 15 is 0 Å². The molecule has 1 aromatic carbocycles. The summed E-state index contributed by atoms with van der Waals surface area (Å²) in [6, 6.07) is 13.8. The molecule has 0 unspecified atom stereocenters. The van der Waals surface area contributed by atoms with Gasteiger partial charge in [0, 0.05) is 15.3 Å². The first kappa shape index (κ1) is 10.2. The molecule has 0 N–H and O–H groups in total. The third kappa shape index (κ3) is 2.04. The predicted octanol–water partition coefficient (Wildman–Crippen LogP) is 4.03. The molecule has 0 bridgehead atoms. The molecule has 0 aliphatic heterocycles. The van der Waals surface area contributed by atoms with Gasteiger partial charge in [-0.15, -0.1) is 22.9 Å². The summed E-state index contributed by atoms with van der Waals surface area (Å²) in [5.41, 5.74) is 1.70. The third-order valence-electron chi connectivity index (χ3n) is 2.11. The quantitative estimate of drug-likeness (QED) is 0.719. The van der Waals surface area contributed by atoms with Crippen molar-refractivity contribution in [3.05, 3.63) is 46.8 Å². The Balaban J connectivity index is 2.49. The van der Waals surface area contributed by atoms with Crippen LogP contribution in [0.15, 0.2) is 36.4 Å². The molecule has 0 saturated heterocycles. The summed E-state index contributed by atoms with van der Waals surface area (Å²) in [5, 5.41) is 8.97. The van der Waals surface area contributed by atoms with Gasteiger partial charge in [0.1, 0.15) is 0 Å². The fraction of sp³-hybridized carbons (Fsp3) is 0.0833. The lowest BCUT2D eigenvalue weighted by molar-refractivity contribution is 1.49. The highest BCUT2D eigenvalue weighted by atomic mass is 35.5.